The highest BCUT2D eigenvalue weighted by atomic mass is 79.9. The lowest BCUT2D eigenvalue weighted by atomic mass is 10.2. The average molecular weight is 377 g/mol. The summed E-state index contributed by atoms with van der Waals surface area (Å²) < 4.78 is 2.06. The smallest absolute Gasteiger partial charge is 0.147 e. The monoisotopic (exact) mass is 375 g/mol. The van der Waals surface area contributed by atoms with Crippen molar-refractivity contribution in [3.8, 4) is 10.6 Å². The maximum Gasteiger partial charge on any atom is 0.147 e. The molecule has 1 atom stereocenters. The van der Waals surface area contributed by atoms with Crippen LogP contribution in [-0.2, 0) is 0 Å². The van der Waals surface area contributed by atoms with Gasteiger partial charge in [0.15, 0.2) is 0 Å². The number of hydrogen-bond acceptors (Lipinski definition) is 4. The molecule has 2 rings (SSSR count). The molecule has 1 N–H and O–H groups in total. The molecule has 17 heavy (non-hydrogen) atoms. The lowest BCUT2D eigenvalue weighted by Gasteiger charge is -2.03. The normalized spacial score (nSPS) is 12.7. The van der Waals surface area contributed by atoms with Gasteiger partial charge in [0.2, 0.25) is 0 Å². The van der Waals surface area contributed by atoms with E-state index in [0.29, 0.717) is 0 Å². The molecule has 6 heteroatoms. The van der Waals surface area contributed by atoms with Crippen molar-refractivity contribution in [3.05, 3.63) is 32.2 Å². The number of aromatic nitrogens is 2. The van der Waals surface area contributed by atoms with Crippen LogP contribution >= 0.6 is 43.2 Å². The van der Waals surface area contributed by atoms with Gasteiger partial charge < -0.3 is 5.32 Å². The van der Waals surface area contributed by atoms with Crippen LogP contribution in [0.5, 0.6) is 0 Å². The minimum Gasteiger partial charge on any atom is -0.311 e. The average Bonchev–Trinajstić information content (AvgIpc) is 2.76. The zero-order valence-electron chi connectivity index (χ0n) is 9.37. The number of halogens is 2. The molecule has 0 spiro atoms. The van der Waals surface area contributed by atoms with Gasteiger partial charge in [-0.1, -0.05) is 43.2 Å². The van der Waals surface area contributed by atoms with Crippen molar-refractivity contribution in [1.82, 2.24) is 15.5 Å². The van der Waals surface area contributed by atoms with Crippen LogP contribution in [-0.4, -0.2) is 17.2 Å². The first-order chi connectivity index (χ1) is 8.10. The summed E-state index contributed by atoms with van der Waals surface area (Å²) in [5.74, 6) is 0. The molecular formula is C11H11Br2N3S. The van der Waals surface area contributed by atoms with Gasteiger partial charge in [0.1, 0.15) is 10.0 Å². The number of nitrogens with zero attached hydrogens (tertiary/aromatic N) is 2. The Kier molecular flexibility index (Phi) is 4.30. The topological polar surface area (TPSA) is 37.8 Å². The zero-order valence-corrected chi connectivity index (χ0v) is 13.4. The molecule has 1 heterocycles. The zero-order chi connectivity index (χ0) is 12.4. The van der Waals surface area contributed by atoms with Crippen molar-refractivity contribution in [1.29, 1.82) is 0 Å². The van der Waals surface area contributed by atoms with Crippen molar-refractivity contribution < 1.29 is 0 Å². The Morgan fingerprint density at radius 2 is 1.82 bits per heavy atom. The van der Waals surface area contributed by atoms with Gasteiger partial charge in [-0.3, -0.25) is 0 Å². The highest BCUT2D eigenvalue weighted by Gasteiger charge is 2.12. The molecule has 0 aliphatic rings. The van der Waals surface area contributed by atoms with Gasteiger partial charge in [0.25, 0.3) is 0 Å². The summed E-state index contributed by atoms with van der Waals surface area (Å²) in [7, 11) is 1.92. The molecule has 2 aromatic rings. The fourth-order valence-electron chi connectivity index (χ4n) is 1.33. The van der Waals surface area contributed by atoms with Crippen molar-refractivity contribution in [2.75, 3.05) is 7.05 Å². The first-order valence-electron chi connectivity index (χ1n) is 5.07. The van der Waals surface area contributed by atoms with E-state index in [4.69, 9.17) is 0 Å². The Bertz CT molecular complexity index is 507. The molecule has 1 aromatic carbocycles. The molecule has 90 valence electrons. The fourth-order valence-corrected chi connectivity index (χ4v) is 3.51. The third kappa shape index (κ3) is 3.13. The van der Waals surface area contributed by atoms with E-state index in [1.54, 1.807) is 11.3 Å². The van der Waals surface area contributed by atoms with Gasteiger partial charge in [-0.25, -0.2) is 0 Å². The standard InChI is InChI=1S/C11H11Br2N3S/c1-6(14-2)10-15-16-11(17-10)7-3-8(12)5-9(13)4-7/h3-6,14H,1-2H3. The predicted molar refractivity (Wildman–Crippen MR) is 78.2 cm³/mol. The quantitative estimate of drug-likeness (QED) is 0.879. The van der Waals surface area contributed by atoms with Crippen molar-refractivity contribution in [2.24, 2.45) is 0 Å². The summed E-state index contributed by atoms with van der Waals surface area (Å²) in [5, 5.41) is 13.5. The number of nitrogens with one attached hydrogen (secondary N) is 1. The molecule has 0 aliphatic heterocycles. The van der Waals surface area contributed by atoms with E-state index in [-0.39, 0.29) is 6.04 Å². The van der Waals surface area contributed by atoms with Gasteiger partial charge in [0.05, 0.1) is 6.04 Å². The van der Waals surface area contributed by atoms with Gasteiger partial charge in [-0.05, 0) is 32.2 Å². The van der Waals surface area contributed by atoms with Crippen molar-refractivity contribution >= 4 is 43.2 Å². The number of benzene rings is 1. The van der Waals surface area contributed by atoms with E-state index < -0.39 is 0 Å². The summed E-state index contributed by atoms with van der Waals surface area (Å²) in [5.41, 5.74) is 1.07. The Morgan fingerprint density at radius 1 is 1.18 bits per heavy atom. The predicted octanol–water partition coefficient (Wildman–Crippen LogP) is 4.01. The minimum absolute atomic E-state index is 0.233. The minimum atomic E-state index is 0.233. The molecule has 0 saturated carbocycles. The van der Waals surface area contributed by atoms with Crippen LogP contribution in [0.4, 0.5) is 0 Å². The molecule has 0 fully saturated rings. The van der Waals surface area contributed by atoms with Crippen LogP contribution in [0.3, 0.4) is 0 Å². The van der Waals surface area contributed by atoms with Crippen LogP contribution in [0.15, 0.2) is 27.1 Å². The van der Waals surface area contributed by atoms with E-state index >= 15 is 0 Å². The lowest BCUT2D eigenvalue weighted by molar-refractivity contribution is 0.640. The Hall–Kier alpha value is -0.300. The van der Waals surface area contributed by atoms with E-state index in [0.717, 1.165) is 24.5 Å². The van der Waals surface area contributed by atoms with Crippen LogP contribution in [0.25, 0.3) is 10.6 Å². The molecule has 0 amide bonds. The van der Waals surface area contributed by atoms with E-state index in [2.05, 4.69) is 54.3 Å². The second-order valence-corrected chi connectivity index (χ2v) is 6.45. The SMILES string of the molecule is CNC(C)c1nnc(-c2cc(Br)cc(Br)c2)s1. The van der Waals surface area contributed by atoms with Gasteiger partial charge in [0, 0.05) is 14.5 Å². The molecule has 0 radical (unpaired) electrons. The molecule has 0 aliphatic carbocycles. The third-order valence-electron chi connectivity index (χ3n) is 2.35. The number of hydrogen-bond donors (Lipinski definition) is 1. The fraction of sp³-hybridized carbons (Fsp3) is 0.273. The number of rotatable bonds is 3. The van der Waals surface area contributed by atoms with Gasteiger partial charge in [-0.2, -0.15) is 0 Å². The molecular weight excluding hydrogens is 366 g/mol. The van der Waals surface area contributed by atoms with E-state index in [1.165, 1.54) is 0 Å². The third-order valence-corrected chi connectivity index (χ3v) is 4.42. The van der Waals surface area contributed by atoms with E-state index in [9.17, 15) is 0 Å². The largest absolute Gasteiger partial charge is 0.311 e. The second kappa shape index (κ2) is 5.56. The van der Waals surface area contributed by atoms with Gasteiger partial charge in [-0.15, -0.1) is 10.2 Å². The molecule has 0 bridgehead atoms. The maximum absolute atomic E-state index is 4.22. The summed E-state index contributed by atoms with van der Waals surface area (Å²) in [6.45, 7) is 2.07. The summed E-state index contributed by atoms with van der Waals surface area (Å²) in [6.07, 6.45) is 0. The molecule has 1 aromatic heterocycles. The summed E-state index contributed by atoms with van der Waals surface area (Å²) >= 11 is 8.56. The van der Waals surface area contributed by atoms with Crippen LogP contribution in [0, 0.1) is 0 Å². The molecule has 3 nitrogen and oxygen atoms in total. The molecule has 1 unspecified atom stereocenters. The Balaban J connectivity index is 2.36. The summed E-state index contributed by atoms with van der Waals surface area (Å²) in [6, 6.07) is 6.32. The Morgan fingerprint density at radius 3 is 2.41 bits per heavy atom. The first-order valence-corrected chi connectivity index (χ1v) is 7.47. The lowest BCUT2D eigenvalue weighted by Crippen LogP contribution is -2.11. The van der Waals surface area contributed by atoms with Gasteiger partial charge >= 0.3 is 0 Å². The van der Waals surface area contributed by atoms with E-state index in [1.807, 2.05) is 25.2 Å². The van der Waals surface area contributed by atoms with Crippen molar-refractivity contribution in [2.45, 2.75) is 13.0 Å². The van der Waals surface area contributed by atoms with Crippen LogP contribution < -0.4 is 5.32 Å². The summed E-state index contributed by atoms with van der Waals surface area (Å²) in [4.78, 5) is 0. The van der Waals surface area contributed by atoms with Crippen molar-refractivity contribution in [3.63, 3.8) is 0 Å². The Labute approximate surface area is 121 Å². The molecule has 0 saturated heterocycles. The second-order valence-electron chi connectivity index (χ2n) is 3.61. The first kappa shape index (κ1) is 13.1. The van der Waals surface area contributed by atoms with Crippen LogP contribution in [0.2, 0.25) is 0 Å². The highest BCUT2D eigenvalue weighted by Crippen LogP contribution is 2.31. The highest BCUT2D eigenvalue weighted by molar-refractivity contribution is 9.11. The van der Waals surface area contributed by atoms with Crippen LogP contribution in [0.1, 0.15) is 18.0 Å². The maximum atomic E-state index is 4.22.